The van der Waals surface area contributed by atoms with Crippen molar-refractivity contribution in [3.05, 3.63) is 45.6 Å². The van der Waals surface area contributed by atoms with Crippen molar-refractivity contribution in [1.29, 1.82) is 0 Å². The fourth-order valence-corrected chi connectivity index (χ4v) is 3.13. The lowest BCUT2D eigenvalue weighted by atomic mass is 9.74. The third kappa shape index (κ3) is 3.39. The van der Waals surface area contributed by atoms with Crippen molar-refractivity contribution in [2.45, 2.75) is 36.6 Å². The van der Waals surface area contributed by atoms with Crippen molar-refractivity contribution in [2.24, 2.45) is 0 Å². The SMILES string of the molecule is COc1cc(C=C[N+](=O)[O-])ccc1[C@@]1(O)O[C@H](CO)[C@@H](O)[C@H](O)[C@]1(O)C(C)=O. The lowest BCUT2D eigenvalue weighted by Gasteiger charge is -2.51. The third-order valence-corrected chi connectivity index (χ3v) is 4.67. The summed E-state index contributed by atoms with van der Waals surface area (Å²) >= 11 is 0. The number of nitrogens with zero attached hydrogens (tertiary/aromatic N) is 1. The second-order valence-electron chi connectivity index (χ2n) is 6.30. The van der Waals surface area contributed by atoms with Crippen LogP contribution in [0.25, 0.3) is 6.08 Å². The molecule has 1 aromatic rings. The Morgan fingerprint density at radius 2 is 2.04 bits per heavy atom. The molecule has 11 heteroatoms. The predicted octanol–water partition coefficient (Wildman–Crippen LogP) is -1.48. The molecule has 5 N–H and O–H groups in total. The van der Waals surface area contributed by atoms with Gasteiger partial charge in [0.2, 0.25) is 17.6 Å². The number of Topliss-reactive ketones (excluding diaryl/α,β-unsaturated/α-hetero) is 1. The van der Waals surface area contributed by atoms with E-state index in [1.807, 2.05) is 0 Å². The van der Waals surface area contributed by atoms with Crippen molar-refractivity contribution < 1.29 is 44.7 Å². The van der Waals surface area contributed by atoms with Gasteiger partial charge in [-0.15, -0.1) is 0 Å². The van der Waals surface area contributed by atoms with Crippen LogP contribution < -0.4 is 4.74 Å². The van der Waals surface area contributed by atoms with Crippen LogP contribution in [-0.4, -0.2) is 73.9 Å². The van der Waals surface area contributed by atoms with Gasteiger partial charge >= 0.3 is 0 Å². The first-order valence-electron chi connectivity index (χ1n) is 8.13. The molecule has 1 aromatic carbocycles. The van der Waals surface area contributed by atoms with E-state index in [2.05, 4.69) is 0 Å². The maximum atomic E-state index is 12.2. The van der Waals surface area contributed by atoms with Crippen molar-refractivity contribution in [3.8, 4) is 5.75 Å². The van der Waals surface area contributed by atoms with Gasteiger partial charge in [0.15, 0.2) is 5.78 Å². The van der Waals surface area contributed by atoms with Crippen LogP contribution >= 0.6 is 0 Å². The average Bonchev–Trinajstić information content (AvgIpc) is 2.66. The van der Waals surface area contributed by atoms with E-state index >= 15 is 0 Å². The van der Waals surface area contributed by atoms with Gasteiger partial charge in [0.1, 0.15) is 24.1 Å². The van der Waals surface area contributed by atoms with E-state index in [0.29, 0.717) is 11.8 Å². The van der Waals surface area contributed by atoms with Gasteiger partial charge in [-0.25, -0.2) is 0 Å². The first-order valence-corrected chi connectivity index (χ1v) is 8.13. The minimum absolute atomic E-state index is 0.132. The standard InChI is InChI=1S/C17H21NO10/c1-9(20)16(23)15(22)14(21)13(8-19)28-17(16,24)11-4-3-10(5-6-18(25)26)7-12(11)27-2/h3-7,13-15,19,21-24H,8H2,1-2H3/t13-,14-,15+,16-,17-/m1/s1. The van der Waals surface area contributed by atoms with Crippen LogP contribution in [0.15, 0.2) is 24.4 Å². The molecule has 0 unspecified atom stereocenters. The van der Waals surface area contributed by atoms with Gasteiger partial charge in [0.05, 0.1) is 24.2 Å². The lowest BCUT2D eigenvalue weighted by molar-refractivity contribution is -0.400. The van der Waals surface area contributed by atoms with Crippen LogP contribution in [0.2, 0.25) is 0 Å². The molecule has 0 radical (unpaired) electrons. The highest BCUT2D eigenvalue weighted by Gasteiger charge is 2.67. The zero-order valence-corrected chi connectivity index (χ0v) is 15.1. The summed E-state index contributed by atoms with van der Waals surface area (Å²) in [4.78, 5) is 21.9. The Balaban J connectivity index is 2.66. The monoisotopic (exact) mass is 399 g/mol. The van der Waals surface area contributed by atoms with Crippen molar-refractivity contribution >= 4 is 11.9 Å². The van der Waals surface area contributed by atoms with E-state index in [-0.39, 0.29) is 11.3 Å². The van der Waals surface area contributed by atoms with E-state index in [0.717, 1.165) is 13.0 Å². The smallest absolute Gasteiger partial charge is 0.236 e. The summed E-state index contributed by atoms with van der Waals surface area (Å²) in [5.74, 6) is -4.15. The van der Waals surface area contributed by atoms with Gasteiger partial charge in [-0.05, 0) is 24.6 Å². The quantitative estimate of drug-likeness (QED) is 0.280. The Hall–Kier alpha value is -2.41. The fraction of sp³-hybridized carbons (Fsp3) is 0.471. The Morgan fingerprint density at radius 1 is 1.39 bits per heavy atom. The van der Waals surface area contributed by atoms with Crippen LogP contribution in [-0.2, 0) is 15.3 Å². The van der Waals surface area contributed by atoms with Gasteiger partial charge in [0.25, 0.3) is 0 Å². The molecule has 0 amide bonds. The molecule has 1 fully saturated rings. The number of hydrogen-bond acceptors (Lipinski definition) is 10. The van der Waals surface area contributed by atoms with Crippen LogP contribution in [0.5, 0.6) is 5.75 Å². The number of aliphatic hydroxyl groups excluding tert-OH is 3. The maximum absolute atomic E-state index is 12.2. The molecule has 1 aliphatic rings. The number of benzene rings is 1. The Morgan fingerprint density at radius 3 is 2.54 bits per heavy atom. The highest BCUT2D eigenvalue weighted by atomic mass is 16.7. The minimum Gasteiger partial charge on any atom is -0.496 e. The first kappa shape index (κ1) is 21.9. The molecular formula is C17H21NO10. The molecule has 2 rings (SSSR count). The van der Waals surface area contributed by atoms with Crippen LogP contribution in [0.1, 0.15) is 18.1 Å². The topological polar surface area (TPSA) is 180 Å². The normalized spacial score (nSPS) is 33.0. The van der Waals surface area contributed by atoms with Gasteiger partial charge < -0.3 is 35.0 Å². The predicted molar refractivity (Wildman–Crippen MR) is 92.5 cm³/mol. The van der Waals surface area contributed by atoms with E-state index in [9.17, 15) is 40.4 Å². The molecule has 0 bridgehead atoms. The Labute approximate surface area is 159 Å². The van der Waals surface area contributed by atoms with E-state index < -0.39 is 47.0 Å². The van der Waals surface area contributed by atoms with E-state index in [4.69, 9.17) is 9.47 Å². The van der Waals surface area contributed by atoms with Gasteiger partial charge in [0, 0.05) is 6.08 Å². The second kappa shape index (κ2) is 7.91. The van der Waals surface area contributed by atoms with E-state index in [1.165, 1.54) is 25.3 Å². The summed E-state index contributed by atoms with van der Waals surface area (Å²) in [5, 5.41) is 62.2. The molecule has 0 saturated carbocycles. The number of ketones is 1. The number of rotatable bonds is 6. The number of ether oxygens (including phenoxy) is 2. The zero-order chi connectivity index (χ0) is 21.3. The number of aliphatic hydroxyl groups is 5. The molecule has 28 heavy (non-hydrogen) atoms. The van der Waals surface area contributed by atoms with Crippen LogP contribution in [0, 0.1) is 10.1 Å². The molecule has 0 aliphatic carbocycles. The largest absolute Gasteiger partial charge is 0.496 e. The first-order chi connectivity index (χ1) is 13.0. The highest BCUT2D eigenvalue weighted by molar-refractivity contribution is 5.87. The number of nitro groups is 1. The lowest BCUT2D eigenvalue weighted by Crippen LogP contribution is -2.74. The molecule has 0 aromatic heterocycles. The molecule has 154 valence electrons. The highest BCUT2D eigenvalue weighted by Crippen LogP contribution is 2.47. The molecule has 11 nitrogen and oxygen atoms in total. The Kier molecular flexibility index (Phi) is 6.18. The summed E-state index contributed by atoms with van der Waals surface area (Å²) in [5.41, 5.74) is -3.00. The molecule has 0 spiro atoms. The molecule has 1 heterocycles. The average molecular weight is 399 g/mol. The summed E-state index contributed by atoms with van der Waals surface area (Å²) in [7, 11) is 1.20. The zero-order valence-electron chi connectivity index (χ0n) is 15.1. The van der Waals surface area contributed by atoms with E-state index in [1.54, 1.807) is 0 Å². The summed E-state index contributed by atoms with van der Waals surface area (Å²) in [6, 6.07) is 3.75. The molecule has 1 aliphatic heterocycles. The van der Waals surface area contributed by atoms with Crippen LogP contribution in [0.4, 0.5) is 0 Å². The summed E-state index contributed by atoms with van der Waals surface area (Å²) in [6.07, 6.45) is -3.77. The van der Waals surface area contributed by atoms with Crippen molar-refractivity contribution in [1.82, 2.24) is 0 Å². The molecular weight excluding hydrogens is 378 g/mol. The fourth-order valence-electron chi connectivity index (χ4n) is 3.13. The van der Waals surface area contributed by atoms with Crippen molar-refractivity contribution in [2.75, 3.05) is 13.7 Å². The Bertz CT molecular complexity index is 796. The number of carbonyl (C=O) groups is 1. The van der Waals surface area contributed by atoms with Crippen molar-refractivity contribution in [3.63, 3.8) is 0 Å². The second-order valence-corrected chi connectivity index (χ2v) is 6.30. The molecule has 5 atom stereocenters. The maximum Gasteiger partial charge on any atom is 0.236 e. The summed E-state index contributed by atoms with van der Waals surface area (Å²) < 4.78 is 10.4. The number of hydrogen-bond donors (Lipinski definition) is 5. The minimum atomic E-state index is -3.00. The number of carbonyl (C=O) groups excluding carboxylic acids is 1. The van der Waals surface area contributed by atoms with Gasteiger partial charge in [-0.3, -0.25) is 14.9 Å². The molecule has 1 saturated heterocycles. The van der Waals surface area contributed by atoms with Gasteiger partial charge in [-0.1, -0.05) is 6.07 Å². The third-order valence-electron chi connectivity index (χ3n) is 4.67. The number of methoxy groups -OCH3 is 1. The van der Waals surface area contributed by atoms with Gasteiger partial charge in [-0.2, -0.15) is 0 Å². The van der Waals surface area contributed by atoms with Crippen LogP contribution in [0.3, 0.4) is 0 Å². The summed E-state index contributed by atoms with van der Waals surface area (Å²) in [6.45, 7) is 0.0463.